The summed E-state index contributed by atoms with van der Waals surface area (Å²) in [6, 6.07) is 13.6. The predicted molar refractivity (Wildman–Crippen MR) is 99.5 cm³/mol. The lowest BCUT2D eigenvalue weighted by Gasteiger charge is -2.16. The number of halogens is 3. The number of amides is 1. The fourth-order valence-corrected chi connectivity index (χ4v) is 2.95. The number of hydrogen-bond acceptors (Lipinski definition) is 3. The van der Waals surface area contributed by atoms with Crippen molar-refractivity contribution < 1.29 is 4.79 Å². The van der Waals surface area contributed by atoms with Crippen LogP contribution >= 0.6 is 40.7 Å². The quantitative estimate of drug-likeness (QED) is 0.814. The van der Waals surface area contributed by atoms with Gasteiger partial charge in [0.1, 0.15) is 5.69 Å². The molecule has 2 heterocycles. The van der Waals surface area contributed by atoms with Gasteiger partial charge in [-0.2, -0.15) is 0 Å². The summed E-state index contributed by atoms with van der Waals surface area (Å²) in [7, 11) is 0. The lowest BCUT2D eigenvalue weighted by molar-refractivity contribution is 0.0783. The van der Waals surface area contributed by atoms with Gasteiger partial charge >= 0.3 is 0 Å². The van der Waals surface area contributed by atoms with Crippen molar-refractivity contribution in [3.05, 3.63) is 64.4 Å². The molecule has 0 spiro atoms. The summed E-state index contributed by atoms with van der Waals surface area (Å²) in [5.74, 6) is 0.127. The zero-order valence-electron chi connectivity index (χ0n) is 12.3. The highest BCUT2D eigenvalue weighted by atomic mass is 79.9. The van der Waals surface area contributed by atoms with E-state index in [1.165, 1.54) is 5.56 Å². The molecule has 23 heavy (non-hydrogen) atoms. The molecule has 1 aliphatic rings. The second kappa shape index (κ2) is 8.64. The molecular formula is C16H18BrCl2N3O. The second-order valence-corrected chi connectivity index (χ2v) is 6.17. The SMILES string of the molecule is Cl.Cl.N[C@@H]1CN(C(=O)c2ccc(Br)cn2)C[C@H]1c1ccccc1. The number of rotatable bonds is 2. The third-order valence-corrected chi connectivity index (χ3v) is 4.30. The van der Waals surface area contributed by atoms with E-state index in [9.17, 15) is 4.79 Å². The molecule has 7 heteroatoms. The molecule has 0 radical (unpaired) electrons. The Morgan fingerprint density at radius 1 is 1.13 bits per heavy atom. The molecule has 2 aromatic rings. The first-order valence-corrected chi connectivity index (χ1v) is 7.66. The number of nitrogens with zero attached hydrogens (tertiary/aromatic N) is 2. The Balaban J connectivity index is 0.00000132. The van der Waals surface area contributed by atoms with Gasteiger partial charge in [0.25, 0.3) is 5.91 Å². The predicted octanol–water partition coefficient (Wildman–Crippen LogP) is 3.25. The van der Waals surface area contributed by atoms with Crippen LogP contribution in [0.3, 0.4) is 0 Å². The Labute approximate surface area is 156 Å². The number of likely N-dealkylation sites (tertiary alicyclic amines) is 1. The van der Waals surface area contributed by atoms with Gasteiger partial charge in [0.15, 0.2) is 0 Å². The van der Waals surface area contributed by atoms with Crippen molar-refractivity contribution in [3.8, 4) is 0 Å². The first-order chi connectivity index (χ1) is 10.1. The lowest BCUT2D eigenvalue weighted by Crippen LogP contribution is -2.32. The van der Waals surface area contributed by atoms with Crippen LogP contribution in [0.2, 0.25) is 0 Å². The van der Waals surface area contributed by atoms with Gasteiger partial charge < -0.3 is 10.6 Å². The molecule has 1 aromatic heterocycles. The van der Waals surface area contributed by atoms with E-state index in [-0.39, 0.29) is 42.7 Å². The summed E-state index contributed by atoms with van der Waals surface area (Å²) in [6.07, 6.45) is 1.64. The van der Waals surface area contributed by atoms with Crippen molar-refractivity contribution >= 4 is 46.7 Å². The molecule has 1 aromatic carbocycles. The largest absolute Gasteiger partial charge is 0.335 e. The van der Waals surface area contributed by atoms with Crippen LogP contribution in [0.25, 0.3) is 0 Å². The molecule has 4 nitrogen and oxygen atoms in total. The summed E-state index contributed by atoms with van der Waals surface area (Å²) in [6.45, 7) is 1.21. The van der Waals surface area contributed by atoms with E-state index in [2.05, 4.69) is 33.0 Å². The van der Waals surface area contributed by atoms with E-state index in [4.69, 9.17) is 5.73 Å². The van der Waals surface area contributed by atoms with Crippen molar-refractivity contribution in [2.24, 2.45) is 5.73 Å². The molecule has 2 atom stereocenters. The van der Waals surface area contributed by atoms with Crippen LogP contribution in [0.5, 0.6) is 0 Å². The molecule has 2 N–H and O–H groups in total. The van der Waals surface area contributed by atoms with E-state index in [0.717, 1.165) is 4.47 Å². The lowest BCUT2D eigenvalue weighted by atomic mass is 9.95. The molecule has 1 saturated heterocycles. The van der Waals surface area contributed by atoms with Crippen molar-refractivity contribution in [3.63, 3.8) is 0 Å². The number of pyridine rings is 1. The Morgan fingerprint density at radius 2 is 1.83 bits per heavy atom. The molecule has 1 aliphatic heterocycles. The number of nitrogens with two attached hydrogens (primary N) is 1. The summed E-state index contributed by atoms with van der Waals surface area (Å²) < 4.78 is 0.860. The molecule has 0 bridgehead atoms. The first-order valence-electron chi connectivity index (χ1n) is 6.86. The van der Waals surface area contributed by atoms with Gasteiger partial charge in [-0.1, -0.05) is 30.3 Å². The van der Waals surface area contributed by atoms with E-state index >= 15 is 0 Å². The third kappa shape index (κ3) is 4.44. The Morgan fingerprint density at radius 3 is 2.43 bits per heavy atom. The topological polar surface area (TPSA) is 59.2 Å². The fraction of sp³-hybridized carbons (Fsp3) is 0.250. The van der Waals surface area contributed by atoms with Gasteiger partial charge in [-0.05, 0) is 33.6 Å². The van der Waals surface area contributed by atoms with E-state index in [1.54, 1.807) is 17.2 Å². The number of hydrogen-bond donors (Lipinski definition) is 1. The van der Waals surface area contributed by atoms with Crippen LogP contribution in [0.1, 0.15) is 22.0 Å². The third-order valence-electron chi connectivity index (χ3n) is 3.83. The Bertz CT molecular complexity index is 640. The number of carbonyl (C=O) groups is 1. The minimum absolute atomic E-state index is 0. The van der Waals surface area contributed by atoms with Crippen molar-refractivity contribution in [2.45, 2.75) is 12.0 Å². The number of aromatic nitrogens is 1. The van der Waals surface area contributed by atoms with E-state index < -0.39 is 0 Å². The normalized spacial score (nSPS) is 19.7. The summed E-state index contributed by atoms with van der Waals surface area (Å²) in [5, 5.41) is 0. The van der Waals surface area contributed by atoms with Crippen LogP contribution in [0.4, 0.5) is 0 Å². The Hall–Kier alpha value is -1.14. The smallest absolute Gasteiger partial charge is 0.272 e. The molecular weight excluding hydrogens is 401 g/mol. The Kier molecular flexibility index (Phi) is 7.48. The van der Waals surface area contributed by atoms with Gasteiger partial charge in [-0.15, -0.1) is 24.8 Å². The highest BCUT2D eigenvalue weighted by Gasteiger charge is 2.34. The maximum Gasteiger partial charge on any atom is 0.272 e. The van der Waals surface area contributed by atoms with Crippen molar-refractivity contribution in [1.82, 2.24) is 9.88 Å². The van der Waals surface area contributed by atoms with Gasteiger partial charge in [0.05, 0.1) is 0 Å². The molecule has 1 fully saturated rings. The van der Waals surface area contributed by atoms with Gasteiger partial charge in [-0.25, -0.2) is 4.98 Å². The van der Waals surface area contributed by atoms with Gasteiger partial charge in [0.2, 0.25) is 0 Å². The fourth-order valence-electron chi connectivity index (χ4n) is 2.71. The summed E-state index contributed by atoms with van der Waals surface area (Å²) >= 11 is 3.32. The minimum atomic E-state index is -0.0589. The van der Waals surface area contributed by atoms with Crippen LogP contribution in [0.15, 0.2) is 53.1 Å². The van der Waals surface area contributed by atoms with Gasteiger partial charge in [-0.3, -0.25) is 4.79 Å². The zero-order valence-corrected chi connectivity index (χ0v) is 15.5. The number of benzene rings is 1. The molecule has 1 amide bonds. The monoisotopic (exact) mass is 417 g/mol. The van der Waals surface area contributed by atoms with Crippen LogP contribution in [0, 0.1) is 0 Å². The van der Waals surface area contributed by atoms with Crippen molar-refractivity contribution in [1.29, 1.82) is 0 Å². The zero-order chi connectivity index (χ0) is 14.8. The summed E-state index contributed by atoms with van der Waals surface area (Å²) in [4.78, 5) is 18.4. The second-order valence-electron chi connectivity index (χ2n) is 5.25. The summed E-state index contributed by atoms with van der Waals surface area (Å²) in [5.41, 5.74) is 7.86. The molecule has 124 valence electrons. The maximum absolute atomic E-state index is 12.5. The molecule has 3 rings (SSSR count). The first kappa shape index (κ1) is 19.9. The van der Waals surface area contributed by atoms with Crippen molar-refractivity contribution in [2.75, 3.05) is 13.1 Å². The average Bonchev–Trinajstić information content (AvgIpc) is 2.90. The van der Waals surface area contributed by atoms with Crippen LogP contribution in [-0.4, -0.2) is 34.9 Å². The van der Waals surface area contributed by atoms with E-state index in [1.807, 2.05) is 24.3 Å². The molecule has 0 saturated carbocycles. The average molecular weight is 419 g/mol. The van der Waals surface area contributed by atoms with Crippen LogP contribution < -0.4 is 5.73 Å². The molecule has 0 aliphatic carbocycles. The van der Waals surface area contributed by atoms with Crippen LogP contribution in [-0.2, 0) is 0 Å². The number of carbonyl (C=O) groups excluding carboxylic acids is 1. The maximum atomic E-state index is 12.5. The highest BCUT2D eigenvalue weighted by molar-refractivity contribution is 9.10. The molecule has 0 unspecified atom stereocenters. The minimum Gasteiger partial charge on any atom is -0.335 e. The standard InChI is InChI=1S/C16H16BrN3O.2ClH/c17-12-6-7-15(19-8-12)16(21)20-9-13(14(18)10-20)11-4-2-1-3-5-11;;/h1-8,13-14H,9-10,18H2;2*1H/t13-,14+;;/m0../s1. The van der Waals surface area contributed by atoms with Gasteiger partial charge in [0, 0.05) is 35.7 Å². The highest BCUT2D eigenvalue weighted by Crippen LogP contribution is 2.27. The van der Waals surface area contributed by atoms with E-state index in [0.29, 0.717) is 18.8 Å².